The number of aliphatic hydroxyl groups is 1. The maximum absolute atomic E-state index is 11.2. The predicted octanol–water partition coefficient (Wildman–Crippen LogP) is 3.47. The third-order valence-electron chi connectivity index (χ3n) is 5.26. The lowest BCUT2D eigenvalue weighted by atomic mass is 9.75. The molecule has 0 unspecified atom stereocenters. The van der Waals surface area contributed by atoms with E-state index in [0.717, 1.165) is 19.4 Å². The lowest BCUT2D eigenvalue weighted by Gasteiger charge is -2.46. The van der Waals surface area contributed by atoms with Crippen LogP contribution in [0.4, 0.5) is 0 Å². The summed E-state index contributed by atoms with van der Waals surface area (Å²) in [6, 6.07) is 15.3. The standard InChI is InChI=1S/C19H25NO/c1-14-13-20(3)15(2)11-19(14,21)12-17-9-6-8-16-7-4-5-10-18(16)17/h4-10,14-15,21H,11-13H2,1-3H3/t14-,15+,19-/m0/s1. The Balaban J connectivity index is 1.94. The molecule has 3 rings (SSSR count). The summed E-state index contributed by atoms with van der Waals surface area (Å²) in [5.41, 5.74) is 0.662. The SMILES string of the molecule is C[C@@H]1C[C@](O)(Cc2cccc3ccccc23)[C@@H](C)CN1C. The Morgan fingerprint density at radius 3 is 2.67 bits per heavy atom. The summed E-state index contributed by atoms with van der Waals surface area (Å²) >= 11 is 0. The minimum absolute atomic E-state index is 0.290. The van der Waals surface area contributed by atoms with E-state index in [-0.39, 0.29) is 5.92 Å². The van der Waals surface area contributed by atoms with Gasteiger partial charge in [0.1, 0.15) is 0 Å². The van der Waals surface area contributed by atoms with Crippen molar-refractivity contribution in [3.63, 3.8) is 0 Å². The summed E-state index contributed by atoms with van der Waals surface area (Å²) in [7, 11) is 2.15. The molecule has 0 saturated carbocycles. The minimum Gasteiger partial charge on any atom is -0.389 e. The number of hydrogen-bond acceptors (Lipinski definition) is 2. The van der Waals surface area contributed by atoms with Gasteiger partial charge in [-0.1, -0.05) is 49.4 Å². The molecule has 2 aromatic carbocycles. The molecular weight excluding hydrogens is 258 g/mol. The molecule has 1 heterocycles. The van der Waals surface area contributed by atoms with E-state index in [9.17, 15) is 5.11 Å². The topological polar surface area (TPSA) is 23.5 Å². The van der Waals surface area contributed by atoms with Crippen molar-refractivity contribution in [3.8, 4) is 0 Å². The smallest absolute Gasteiger partial charge is 0.0740 e. The number of hydrogen-bond donors (Lipinski definition) is 1. The molecule has 112 valence electrons. The normalized spacial score (nSPS) is 30.7. The van der Waals surface area contributed by atoms with Crippen LogP contribution in [0.5, 0.6) is 0 Å². The predicted molar refractivity (Wildman–Crippen MR) is 88.5 cm³/mol. The van der Waals surface area contributed by atoms with Crippen LogP contribution in [-0.4, -0.2) is 35.2 Å². The van der Waals surface area contributed by atoms with Gasteiger partial charge in [0.05, 0.1) is 5.60 Å². The first-order valence-corrected chi connectivity index (χ1v) is 7.89. The van der Waals surface area contributed by atoms with Gasteiger partial charge in [0, 0.05) is 19.0 Å². The third-order valence-corrected chi connectivity index (χ3v) is 5.26. The van der Waals surface area contributed by atoms with Crippen LogP contribution in [0.3, 0.4) is 0 Å². The van der Waals surface area contributed by atoms with Gasteiger partial charge in [-0.2, -0.15) is 0 Å². The fourth-order valence-corrected chi connectivity index (χ4v) is 3.67. The molecule has 1 saturated heterocycles. The second-order valence-electron chi connectivity index (χ2n) is 6.81. The highest BCUT2D eigenvalue weighted by Gasteiger charge is 2.41. The molecular formula is C19H25NO. The fraction of sp³-hybridized carbons (Fsp3) is 0.474. The molecule has 0 radical (unpaired) electrons. The van der Waals surface area contributed by atoms with Gasteiger partial charge < -0.3 is 10.0 Å². The van der Waals surface area contributed by atoms with Crippen molar-refractivity contribution in [3.05, 3.63) is 48.0 Å². The summed E-state index contributed by atoms with van der Waals surface area (Å²) in [6.07, 6.45) is 1.58. The van der Waals surface area contributed by atoms with E-state index >= 15 is 0 Å². The first-order valence-electron chi connectivity index (χ1n) is 7.89. The average Bonchev–Trinajstić information content (AvgIpc) is 2.46. The second-order valence-corrected chi connectivity index (χ2v) is 6.81. The zero-order chi connectivity index (χ0) is 15.0. The molecule has 2 aromatic rings. The number of rotatable bonds is 2. The quantitative estimate of drug-likeness (QED) is 0.912. The molecule has 1 aliphatic heterocycles. The Kier molecular flexibility index (Phi) is 3.76. The van der Waals surface area contributed by atoms with Crippen molar-refractivity contribution >= 4 is 10.8 Å². The van der Waals surface area contributed by atoms with Crippen molar-refractivity contribution in [1.29, 1.82) is 0 Å². The van der Waals surface area contributed by atoms with Gasteiger partial charge in [-0.05, 0) is 42.6 Å². The first kappa shape index (κ1) is 14.6. The molecule has 1 aliphatic rings. The number of likely N-dealkylation sites (tertiary alicyclic amines) is 1. The molecule has 0 aromatic heterocycles. The van der Waals surface area contributed by atoms with E-state index in [1.807, 2.05) is 0 Å². The van der Waals surface area contributed by atoms with Crippen LogP contribution in [0, 0.1) is 5.92 Å². The Labute approximate surface area is 127 Å². The maximum atomic E-state index is 11.2. The van der Waals surface area contributed by atoms with Crippen LogP contribution in [0.1, 0.15) is 25.8 Å². The summed E-state index contributed by atoms with van der Waals surface area (Å²) in [5, 5.41) is 13.7. The van der Waals surface area contributed by atoms with E-state index in [2.05, 4.69) is 68.3 Å². The van der Waals surface area contributed by atoms with E-state index < -0.39 is 5.60 Å². The number of fused-ring (bicyclic) bond motifs is 1. The number of benzene rings is 2. The molecule has 1 N–H and O–H groups in total. The van der Waals surface area contributed by atoms with E-state index in [0.29, 0.717) is 6.04 Å². The van der Waals surface area contributed by atoms with Gasteiger partial charge in [0.25, 0.3) is 0 Å². The van der Waals surface area contributed by atoms with Gasteiger partial charge in [-0.15, -0.1) is 0 Å². The fourth-order valence-electron chi connectivity index (χ4n) is 3.67. The van der Waals surface area contributed by atoms with Crippen molar-refractivity contribution in [2.24, 2.45) is 5.92 Å². The van der Waals surface area contributed by atoms with Crippen molar-refractivity contribution in [2.45, 2.75) is 38.3 Å². The highest BCUT2D eigenvalue weighted by atomic mass is 16.3. The highest BCUT2D eigenvalue weighted by Crippen LogP contribution is 2.35. The molecule has 0 aliphatic carbocycles. The summed E-state index contributed by atoms with van der Waals surface area (Å²) in [6.45, 7) is 5.34. The van der Waals surface area contributed by atoms with Crippen molar-refractivity contribution in [1.82, 2.24) is 4.90 Å². The van der Waals surface area contributed by atoms with E-state index in [1.54, 1.807) is 0 Å². The molecule has 0 spiro atoms. The van der Waals surface area contributed by atoms with Crippen LogP contribution < -0.4 is 0 Å². The summed E-state index contributed by atoms with van der Waals surface area (Å²) < 4.78 is 0. The lowest BCUT2D eigenvalue weighted by Crippen LogP contribution is -2.54. The molecule has 0 amide bonds. The summed E-state index contributed by atoms with van der Waals surface area (Å²) in [5.74, 6) is 0.290. The van der Waals surface area contributed by atoms with Gasteiger partial charge >= 0.3 is 0 Å². The second kappa shape index (κ2) is 5.43. The van der Waals surface area contributed by atoms with Gasteiger partial charge in [0.15, 0.2) is 0 Å². The Morgan fingerprint density at radius 1 is 1.14 bits per heavy atom. The highest BCUT2D eigenvalue weighted by molar-refractivity contribution is 5.85. The minimum atomic E-state index is -0.601. The molecule has 2 heteroatoms. The van der Waals surface area contributed by atoms with Crippen molar-refractivity contribution in [2.75, 3.05) is 13.6 Å². The molecule has 1 fully saturated rings. The molecule has 3 atom stereocenters. The van der Waals surface area contributed by atoms with Gasteiger partial charge in [-0.25, -0.2) is 0 Å². The zero-order valence-corrected chi connectivity index (χ0v) is 13.2. The molecule has 0 bridgehead atoms. The van der Waals surface area contributed by atoms with Gasteiger partial charge in [-0.3, -0.25) is 0 Å². The molecule has 2 nitrogen and oxygen atoms in total. The Bertz CT molecular complexity index is 633. The third kappa shape index (κ3) is 2.70. The Morgan fingerprint density at radius 2 is 1.86 bits per heavy atom. The van der Waals surface area contributed by atoms with Crippen LogP contribution >= 0.6 is 0 Å². The number of nitrogens with zero attached hydrogens (tertiary/aromatic N) is 1. The monoisotopic (exact) mass is 283 g/mol. The summed E-state index contributed by atoms with van der Waals surface area (Å²) in [4.78, 5) is 2.35. The Hall–Kier alpha value is -1.38. The van der Waals surface area contributed by atoms with E-state index in [4.69, 9.17) is 0 Å². The lowest BCUT2D eigenvalue weighted by molar-refractivity contribution is -0.0776. The van der Waals surface area contributed by atoms with Crippen molar-refractivity contribution < 1.29 is 5.11 Å². The number of piperidine rings is 1. The maximum Gasteiger partial charge on any atom is 0.0740 e. The van der Waals surface area contributed by atoms with Crippen LogP contribution in [0.25, 0.3) is 10.8 Å². The van der Waals surface area contributed by atoms with Crippen LogP contribution in [0.15, 0.2) is 42.5 Å². The largest absolute Gasteiger partial charge is 0.389 e. The zero-order valence-electron chi connectivity index (χ0n) is 13.2. The average molecular weight is 283 g/mol. The van der Waals surface area contributed by atoms with Gasteiger partial charge in [0.2, 0.25) is 0 Å². The van der Waals surface area contributed by atoms with Crippen LogP contribution in [-0.2, 0) is 6.42 Å². The first-order chi connectivity index (χ1) is 9.99. The molecule has 21 heavy (non-hydrogen) atoms. The van der Waals surface area contributed by atoms with Crippen LogP contribution in [0.2, 0.25) is 0 Å². The van der Waals surface area contributed by atoms with E-state index in [1.165, 1.54) is 16.3 Å².